The van der Waals surface area contributed by atoms with Gasteiger partial charge in [-0.15, -0.1) is 0 Å². The molecule has 0 aliphatic carbocycles. The van der Waals surface area contributed by atoms with Gasteiger partial charge in [-0.3, -0.25) is 5.41 Å². The highest BCUT2D eigenvalue weighted by atomic mass is 14.7. The molecule has 3 N–H and O–H groups in total. The summed E-state index contributed by atoms with van der Waals surface area (Å²) in [7, 11) is 0. The van der Waals surface area contributed by atoms with Crippen molar-refractivity contribution in [3.8, 4) is 0 Å². The second kappa shape index (κ2) is 4.78. The first kappa shape index (κ1) is 11.5. The van der Waals surface area contributed by atoms with Crippen molar-refractivity contribution in [1.82, 2.24) is 0 Å². The summed E-state index contributed by atoms with van der Waals surface area (Å²) in [4.78, 5) is 0. The third-order valence-corrected chi connectivity index (χ3v) is 2.59. The van der Waals surface area contributed by atoms with Gasteiger partial charge in [0.2, 0.25) is 0 Å². The lowest BCUT2D eigenvalue weighted by atomic mass is 9.93. The molecule has 1 aromatic rings. The van der Waals surface area contributed by atoms with Gasteiger partial charge < -0.3 is 5.73 Å². The highest BCUT2D eigenvalue weighted by molar-refractivity contribution is 6.21. The molecule has 0 spiro atoms. The van der Waals surface area contributed by atoms with Crippen LogP contribution in [0.25, 0.3) is 5.57 Å². The molecule has 0 atom stereocenters. The Morgan fingerprint density at radius 3 is 2.13 bits per heavy atom. The fraction of sp³-hybridized carbons (Fsp3) is 0.308. The molecule has 0 aliphatic rings. The van der Waals surface area contributed by atoms with E-state index in [0.29, 0.717) is 5.92 Å². The van der Waals surface area contributed by atoms with E-state index in [1.54, 1.807) is 0 Å². The molecule has 2 heteroatoms. The Labute approximate surface area is 91.3 Å². The lowest BCUT2D eigenvalue weighted by Gasteiger charge is -2.14. The Hall–Kier alpha value is -1.57. The van der Waals surface area contributed by atoms with E-state index in [-0.39, 0.29) is 5.84 Å². The minimum atomic E-state index is 0.146. The number of benzene rings is 1. The quantitative estimate of drug-likeness (QED) is 0.574. The highest BCUT2D eigenvalue weighted by Gasteiger charge is 2.10. The van der Waals surface area contributed by atoms with Gasteiger partial charge in [-0.1, -0.05) is 49.8 Å². The summed E-state index contributed by atoms with van der Waals surface area (Å²) >= 11 is 0. The van der Waals surface area contributed by atoms with Crippen LogP contribution in [0, 0.1) is 11.3 Å². The van der Waals surface area contributed by atoms with Crippen molar-refractivity contribution >= 4 is 11.4 Å². The standard InChI is InChI=1S/C13H18N2/c1-9(2)10(3)12(13(14)15)11-7-5-4-6-8-11/h4-9H,1-3H3,(H3,14,15). The van der Waals surface area contributed by atoms with Crippen LogP contribution in [0.4, 0.5) is 0 Å². The molecule has 0 aromatic heterocycles. The molecular formula is C13H18N2. The van der Waals surface area contributed by atoms with E-state index >= 15 is 0 Å². The minimum absolute atomic E-state index is 0.146. The molecule has 0 amide bonds. The predicted molar refractivity (Wildman–Crippen MR) is 65.8 cm³/mol. The maximum atomic E-state index is 7.63. The van der Waals surface area contributed by atoms with Crippen LogP contribution < -0.4 is 5.73 Å². The Morgan fingerprint density at radius 2 is 1.73 bits per heavy atom. The smallest absolute Gasteiger partial charge is 0.123 e. The lowest BCUT2D eigenvalue weighted by molar-refractivity contribution is 0.773. The zero-order valence-corrected chi connectivity index (χ0v) is 9.54. The monoisotopic (exact) mass is 202 g/mol. The highest BCUT2D eigenvalue weighted by Crippen LogP contribution is 2.23. The third-order valence-electron chi connectivity index (χ3n) is 2.59. The number of nitrogens with two attached hydrogens (primary N) is 1. The van der Waals surface area contributed by atoms with Crippen molar-refractivity contribution in [3.63, 3.8) is 0 Å². The Kier molecular flexibility index (Phi) is 3.67. The molecule has 0 saturated carbocycles. The van der Waals surface area contributed by atoms with Crippen LogP contribution in [-0.2, 0) is 0 Å². The molecule has 15 heavy (non-hydrogen) atoms. The van der Waals surface area contributed by atoms with Gasteiger partial charge in [-0.05, 0) is 18.4 Å². The molecule has 1 aromatic carbocycles. The Morgan fingerprint density at radius 1 is 1.20 bits per heavy atom. The number of rotatable bonds is 3. The molecule has 0 aliphatic heterocycles. The van der Waals surface area contributed by atoms with E-state index in [1.807, 2.05) is 37.3 Å². The van der Waals surface area contributed by atoms with Crippen molar-refractivity contribution < 1.29 is 0 Å². The van der Waals surface area contributed by atoms with Crippen LogP contribution >= 0.6 is 0 Å². The average Bonchev–Trinajstić information content (AvgIpc) is 2.18. The van der Waals surface area contributed by atoms with Crippen molar-refractivity contribution in [1.29, 1.82) is 5.41 Å². The van der Waals surface area contributed by atoms with Gasteiger partial charge in [0, 0.05) is 5.57 Å². The number of hydrogen-bond acceptors (Lipinski definition) is 1. The summed E-state index contributed by atoms with van der Waals surface area (Å²) in [6.07, 6.45) is 0. The maximum Gasteiger partial charge on any atom is 0.123 e. The first-order valence-corrected chi connectivity index (χ1v) is 5.14. The van der Waals surface area contributed by atoms with E-state index in [2.05, 4.69) is 13.8 Å². The molecule has 0 saturated heterocycles. The molecule has 0 bridgehead atoms. The third kappa shape index (κ3) is 2.69. The molecule has 80 valence electrons. The topological polar surface area (TPSA) is 49.9 Å². The van der Waals surface area contributed by atoms with Crippen LogP contribution in [0.1, 0.15) is 26.3 Å². The number of hydrogen-bond donors (Lipinski definition) is 2. The van der Waals surface area contributed by atoms with Crippen molar-refractivity contribution in [2.75, 3.05) is 0 Å². The minimum Gasteiger partial charge on any atom is -0.384 e. The normalized spacial score (nSPS) is 12.5. The van der Waals surface area contributed by atoms with E-state index in [4.69, 9.17) is 11.1 Å². The zero-order chi connectivity index (χ0) is 11.4. The largest absolute Gasteiger partial charge is 0.384 e. The molecule has 1 rings (SSSR count). The summed E-state index contributed by atoms with van der Waals surface area (Å²) in [5.74, 6) is 0.552. The fourth-order valence-corrected chi connectivity index (χ4v) is 1.49. The van der Waals surface area contributed by atoms with E-state index in [1.165, 1.54) is 0 Å². The van der Waals surface area contributed by atoms with Crippen molar-refractivity contribution in [3.05, 3.63) is 41.5 Å². The van der Waals surface area contributed by atoms with Crippen LogP contribution in [-0.4, -0.2) is 5.84 Å². The summed E-state index contributed by atoms with van der Waals surface area (Å²) < 4.78 is 0. The summed E-state index contributed by atoms with van der Waals surface area (Å²) in [5, 5.41) is 7.63. The van der Waals surface area contributed by atoms with Crippen LogP contribution in [0.2, 0.25) is 0 Å². The van der Waals surface area contributed by atoms with Gasteiger partial charge in [0.1, 0.15) is 5.84 Å². The van der Waals surface area contributed by atoms with E-state index in [9.17, 15) is 0 Å². The first-order valence-electron chi connectivity index (χ1n) is 5.14. The lowest BCUT2D eigenvalue weighted by Crippen LogP contribution is -2.15. The van der Waals surface area contributed by atoms with E-state index < -0.39 is 0 Å². The summed E-state index contributed by atoms with van der Waals surface area (Å²) in [5.41, 5.74) is 8.68. The van der Waals surface area contributed by atoms with Crippen LogP contribution in [0.5, 0.6) is 0 Å². The average molecular weight is 202 g/mol. The molecule has 0 heterocycles. The maximum absolute atomic E-state index is 7.63. The first-order chi connectivity index (χ1) is 7.04. The van der Waals surface area contributed by atoms with Crippen LogP contribution in [0.15, 0.2) is 35.9 Å². The number of nitrogens with one attached hydrogen (secondary N) is 1. The predicted octanol–water partition coefficient (Wildman–Crippen LogP) is 3.05. The van der Waals surface area contributed by atoms with Crippen molar-refractivity contribution in [2.45, 2.75) is 20.8 Å². The summed E-state index contributed by atoms with van der Waals surface area (Å²) in [6, 6.07) is 9.87. The van der Waals surface area contributed by atoms with Crippen LogP contribution in [0.3, 0.4) is 0 Å². The number of allylic oxidation sites excluding steroid dienone is 1. The Bertz CT molecular complexity index is 375. The molecule has 0 unspecified atom stereocenters. The molecule has 0 radical (unpaired) electrons. The fourth-order valence-electron chi connectivity index (χ4n) is 1.49. The molecule has 2 nitrogen and oxygen atoms in total. The molecule has 0 fully saturated rings. The second-order valence-corrected chi connectivity index (χ2v) is 3.99. The zero-order valence-electron chi connectivity index (χ0n) is 9.54. The Balaban J connectivity index is 3.27. The summed E-state index contributed by atoms with van der Waals surface area (Å²) in [6.45, 7) is 6.26. The van der Waals surface area contributed by atoms with Gasteiger partial charge in [-0.2, -0.15) is 0 Å². The van der Waals surface area contributed by atoms with Gasteiger partial charge in [-0.25, -0.2) is 0 Å². The van der Waals surface area contributed by atoms with Crippen molar-refractivity contribution in [2.24, 2.45) is 11.7 Å². The number of amidine groups is 1. The van der Waals surface area contributed by atoms with E-state index in [0.717, 1.165) is 16.7 Å². The van der Waals surface area contributed by atoms with Gasteiger partial charge in [0.25, 0.3) is 0 Å². The SMILES string of the molecule is CC(=C(C(=N)N)c1ccccc1)C(C)C. The molecular weight excluding hydrogens is 184 g/mol. The van der Waals surface area contributed by atoms with Gasteiger partial charge in [0.05, 0.1) is 0 Å². The van der Waals surface area contributed by atoms with Gasteiger partial charge >= 0.3 is 0 Å². The second-order valence-electron chi connectivity index (χ2n) is 3.99. The van der Waals surface area contributed by atoms with Gasteiger partial charge in [0.15, 0.2) is 0 Å².